The van der Waals surface area contributed by atoms with Crippen LogP contribution in [0, 0.1) is 0 Å². The molecule has 0 aliphatic rings. The maximum atomic E-state index is 12.4. The molecule has 0 bridgehead atoms. The largest absolute Gasteiger partial charge is 0.497 e. The Bertz CT molecular complexity index is 456. The molecule has 0 saturated carbocycles. The molecule has 0 fully saturated rings. The fraction of sp³-hybridized carbons (Fsp3) is 0.588. The molecule has 1 unspecified atom stereocenters. The van der Waals surface area contributed by atoms with Gasteiger partial charge in [0.05, 0.1) is 19.7 Å². The molecular formula is C17H28N2O4. The fourth-order valence-electron chi connectivity index (χ4n) is 2.18. The molecule has 1 amide bonds. The van der Waals surface area contributed by atoms with Crippen molar-refractivity contribution in [2.45, 2.75) is 39.6 Å². The molecule has 0 saturated heterocycles. The van der Waals surface area contributed by atoms with Crippen LogP contribution in [0.25, 0.3) is 0 Å². The molecule has 1 aromatic carbocycles. The molecular weight excluding hydrogens is 296 g/mol. The van der Waals surface area contributed by atoms with Crippen LogP contribution >= 0.6 is 0 Å². The number of rotatable bonds is 10. The van der Waals surface area contributed by atoms with Crippen molar-refractivity contribution in [3.05, 3.63) is 29.8 Å². The summed E-state index contributed by atoms with van der Waals surface area (Å²) < 4.78 is 16.2. The van der Waals surface area contributed by atoms with E-state index in [1.807, 2.05) is 38.1 Å². The van der Waals surface area contributed by atoms with Gasteiger partial charge in [-0.15, -0.1) is 0 Å². The zero-order valence-electron chi connectivity index (χ0n) is 14.5. The molecule has 130 valence electrons. The summed E-state index contributed by atoms with van der Waals surface area (Å²) in [6.07, 6.45) is -0.453. The van der Waals surface area contributed by atoms with Crippen LogP contribution in [0.3, 0.4) is 0 Å². The molecule has 0 heterocycles. The van der Waals surface area contributed by atoms with Gasteiger partial charge in [0.25, 0.3) is 0 Å². The topological polar surface area (TPSA) is 74.0 Å². The predicted octanol–water partition coefficient (Wildman–Crippen LogP) is 1.77. The molecule has 1 aromatic rings. The third-order valence-corrected chi connectivity index (χ3v) is 3.31. The predicted molar refractivity (Wildman–Crippen MR) is 89.1 cm³/mol. The number of carbonyl (C=O) groups excluding carboxylic acids is 1. The molecule has 23 heavy (non-hydrogen) atoms. The second-order valence-electron chi connectivity index (χ2n) is 5.20. The van der Waals surface area contributed by atoms with E-state index in [2.05, 4.69) is 0 Å². The number of ether oxygens (including phenoxy) is 3. The second kappa shape index (κ2) is 10.2. The highest BCUT2D eigenvalue weighted by atomic mass is 16.7. The number of hydrogen-bond acceptors (Lipinski definition) is 5. The van der Waals surface area contributed by atoms with E-state index in [4.69, 9.17) is 19.9 Å². The Morgan fingerprint density at radius 1 is 1.17 bits per heavy atom. The smallest absolute Gasteiger partial charge is 0.239 e. The fourth-order valence-corrected chi connectivity index (χ4v) is 2.18. The molecule has 6 nitrogen and oxygen atoms in total. The van der Waals surface area contributed by atoms with Crippen molar-refractivity contribution in [3.8, 4) is 5.75 Å². The lowest BCUT2D eigenvalue weighted by Gasteiger charge is -2.28. The van der Waals surface area contributed by atoms with Crippen molar-refractivity contribution in [2.75, 3.05) is 26.9 Å². The van der Waals surface area contributed by atoms with E-state index in [0.717, 1.165) is 11.3 Å². The van der Waals surface area contributed by atoms with E-state index in [9.17, 15) is 4.79 Å². The first-order chi connectivity index (χ1) is 11.0. The molecule has 0 spiro atoms. The summed E-state index contributed by atoms with van der Waals surface area (Å²) in [6, 6.07) is 7.02. The Morgan fingerprint density at radius 3 is 2.17 bits per heavy atom. The Balaban J connectivity index is 2.83. The zero-order valence-corrected chi connectivity index (χ0v) is 14.5. The van der Waals surface area contributed by atoms with Crippen LogP contribution in [0.4, 0.5) is 0 Å². The number of carbonyl (C=O) groups is 1. The monoisotopic (exact) mass is 324 g/mol. The van der Waals surface area contributed by atoms with Crippen LogP contribution < -0.4 is 10.5 Å². The Kier molecular flexibility index (Phi) is 8.61. The summed E-state index contributed by atoms with van der Waals surface area (Å²) in [5.74, 6) is 0.644. The van der Waals surface area contributed by atoms with Gasteiger partial charge >= 0.3 is 0 Å². The maximum absolute atomic E-state index is 12.4. The standard InChI is InChI=1S/C17H28N2O4/c1-5-22-16(23-6-2)12-19(17(20)13(3)18)11-14-7-9-15(21-4)10-8-14/h7-10,13,16H,5-6,11-12,18H2,1-4H3. The van der Waals surface area contributed by atoms with Gasteiger partial charge in [0.1, 0.15) is 5.75 Å². The van der Waals surface area contributed by atoms with Gasteiger partial charge in [0, 0.05) is 19.8 Å². The lowest BCUT2D eigenvalue weighted by atomic mass is 10.2. The van der Waals surface area contributed by atoms with Gasteiger partial charge in [0.15, 0.2) is 6.29 Å². The van der Waals surface area contributed by atoms with E-state index in [1.54, 1.807) is 18.9 Å². The first-order valence-electron chi connectivity index (χ1n) is 7.92. The number of nitrogens with two attached hydrogens (primary N) is 1. The van der Waals surface area contributed by atoms with Gasteiger partial charge in [-0.2, -0.15) is 0 Å². The van der Waals surface area contributed by atoms with Crippen LogP contribution in [0.1, 0.15) is 26.3 Å². The van der Waals surface area contributed by atoms with E-state index in [0.29, 0.717) is 26.3 Å². The van der Waals surface area contributed by atoms with Crippen molar-refractivity contribution >= 4 is 5.91 Å². The van der Waals surface area contributed by atoms with Crippen molar-refractivity contribution < 1.29 is 19.0 Å². The van der Waals surface area contributed by atoms with Gasteiger partial charge in [-0.1, -0.05) is 12.1 Å². The first-order valence-corrected chi connectivity index (χ1v) is 7.92. The van der Waals surface area contributed by atoms with Crippen molar-refractivity contribution in [1.82, 2.24) is 4.90 Å². The van der Waals surface area contributed by atoms with Gasteiger partial charge in [-0.05, 0) is 38.5 Å². The van der Waals surface area contributed by atoms with Crippen LogP contribution in [-0.2, 0) is 20.8 Å². The van der Waals surface area contributed by atoms with Crippen LogP contribution in [-0.4, -0.2) is 50.0 Å². The van der Waals surface area contributed by atoms with Gasteiger partial charge < -0.3 is 24.8 Å². The lowest BCUT2D eigenvalue weighted by Crippen LogP contribution is -2.46. The number of hydrogen-bond donors (Lipinski definition) is 1. The molecule has 0 radical (unpaired) electrons. The molecule has 0 aliphatic heterocycles. The molecule has 0 aliphatic carbocycles. The number of amides is 1. The van der Waals surface area contributed by atoms with Crippen LogP contribution in [0.2, 0.25) is 0 Å². The van der Waals surface area contributed by atoms with Crippen molar-refractivity contribution in [1.29, 1.82) is 0 Å². The summed E-state index contributed by atoms with van der Waals surface area (Å²) in [5.41, 5.74) is 6.76. The highest BCUT2D eigenvalue weighted by Crippen LogP contribution is 2.14. The highest BCUT2D eigenvalue weighted by molar-refractivity contribution is 5.81. The summed E-state index contributed by atoms with van der Waals surface area (Å²) in [7, 11) is 1.62. The average Bonchev–Trinajstić information content (AvgIpc) is 2.54. The van der Waals surface area contributed by atoms with Crippen molar-refractivity contribution in [3.63, 3.8) is 0 Å². The number of methoxy groups -OCH3 is 1. The van der Waals surface area contributed by atoms with Crippen molar-refractivity contribution in [2.24, 2.45) is 5.73 Å². The van der Waals surface area contributed by atoms with E-state index < -0.39 is 12.3 Å². The van der Waals surface area contributed by atoms with E-state index >= 15 is 0 Å². The van der Waals surface area contributed by atoms with Gasteiger partial charge in [0.2, 0.25) is 5.91 Å². The summed E-state index contributed by atoms with van der Waals surface area (Å²) >= 11 is 0. The second-order valence-corrected chi connectivity index (χ2v) is 5.20. The Hall–Kier alpha value is -1.63. The minimum absolute atomic E-state index is 0.134. The van der Waals surface area contributed by atoms with Crippen LogP contribution in [0.15, 0.2) is 24.3 Å². The Morgan fingerprint density at radius 2 is 1.74 bits per heavy atom. The van der Waals surface area contributed by atoms with E-state index in [1.165, 1.54) is 0 Å². The molecule has 0 aromatic heterocycles. The van der Waals surface area contributed by atoms with Crippen LogP contribution in [0.5, 0.6) is 5.75 Å². The number of nitrogens with zero attached hydrogens (tertiary/aromatic N) is 1. The maximum Gasteiger partial charge on any atom is 0.239 e. The molecule has 1 rings (SSSR count). The molecule has 2 N–H and O–H groups in total. The quantitative estimate of drug-likeness (QED) is 0.664. The summed E-state index contributed by atoms with van der Waals surface area (Å²) in [5, 5.41) is 0. The highest BCUT2D eigenvalue weighted by Gasteiger charge is 2.22. The zero-order chi connectivity index (χ0) is 17.2. The number of benzene rings is 1. The van der Waals surface area contributed by atoms with Gasteiger partial charge in [-0.3, -0.25) is 4.79 Å². The van der Waals surface area contributed by atoms with E-state index in [-0.39, 0.29) is 5.91 Å². The third kappa shape index (κ3) is 6.56. The molecule has 1 atom stereocenters. The normalized spacial score (nSPS) is 12.3. The van der Waals surface area contributed by atoms with Gasteiger partial charge in [-0.25, -0.2) is 0 Å². The minimum atomic E-state index is -0.572. The minimum Gasteiger partial charge on any atom is -0.497 e. The summed E-state index contributed by atoms with van der Waals surface area (Å²) in [6.45, 7) is 7.30. The lowest BCUT2D eigenvalue weighted by molar-refractivity contribution is -0.160. The third-order valence-electron chi connectivity index (χ3n) is 3.31. The summed E-state index contributed by atoms with van der Waals surface area (Å²) in [4.78, 5) is 14.0. The Labute approximate surface area is 138 Å². The average molecular weight is 324 g/mol. The SMILES string of the molecule is CCOC(CN(Cc1ccc(OC)cc1)C(=O)C(C)N)OCC. The molecule has 6 heteroatoms. The first kappa shape index (κ1) is 19.4.